The van der Waals surface area contributed by atoms with E-state index < -0.39 is 18.3 Å². The molecule has 0 fully saturated rings. The lowest BCUT2D eigenvalue weighted by molar-refractivity contribution is -0.132. The SMILES string of the molecule is CCC(=O)N1CCn2c(CNC(=O)c3n[nH]c4c3CC(F)(F)CC4)nnc2C1. The van der Waals surface area contributed by atoms with Gasteiger partial charge in [-0.05, 0) is 6.42 Å². The fourth-order valence-electron chi connectivity index (χ4n) is 3.67. The fourth-order valence-corrected chi connectivity index (χ4v) is 3.67. The molecule has 4 rings (SSSR count). The first-order chi connectivity index (χ1) is 13.4. The average Bonchev–Trinajstić information content (AvgIpc) is 3.27. The van der Waals surface area contributed by atoms with Gasteiger partial charge in [-0.3, -0.25) is 14.7 Å². The van der Waals surface area contributed by atoms with Crippen LogP contribution in [0.2, 0.25) is 0 Å². The number of carbonyl (C=O) groups is 2. The highest BCUT2D eigenvalue weighted by molar-refractivity contribution is 5.94. The highest BCUT2D eigenvalue weighted by Crippen LogP contribution is 2.33. The van der Waals surface area contributed by atoms with Crippen LogP contribution in [0.4, 0.5) is 8.78 Å². The summed E-state index contributed by atoms with van der Waals surface area (Å²) in [5.41, 5.74) is 0.884. The smallest absolute Gasteiger partial charge is 0.272 e. The van der Waals surface area contributed by atoms with E-state index >= 15 is 0 Å². The van der Waals surface area contributed by atoms with Crippen molar-refractivity contribution in [2.24, 2.45) is 0 Å². The van der Waals surface area contributed by atoms with E-state index in [-0.39, 0.29) is 36.6 Å². The van der Waals surface area contributed by atoms with E-state index in [4.69, 9.17) is 0 Å². The van der Waals surface area contributed by atoms with Crippen LogP contribution < -0.4 is 5.32 Å². The number of rotatable bonds is 4. The number of aromatic nitrogens is 5. The number of amides is 2. The molecule has 0 bridgehead atoms. The van der Waals surface area contributed by atoms with Gasteiger partial charge in [-0.15, -0.1) is 10.2 Å². The minimum Gasteiger partial charge on any atom is -0.343 e. The van der Waals surface area contributed by atoms with Gasteiger partial charge in [-0.25, -0.2) is 8.78 Å². The van der Waals surface area contributed by atoms with E-state index in [9.17, 15) is 18.4 Å². The zero-order valence-corrected chi connectivity index (χ0v) is 15.5. The normalized spacial score (nSPS) is 17.8. The maximum absolute atomic E-state index is 13.7. The van der Waals surface area contributed by atoms with Gasteiger partial charge < -0.3 is 14.8 Å². The van der Waals surface area contributed by atoms with Gasteiger partial charge in [0.15, 0.2) is 17.3 Å². The van der Waals surface area contributed by atoms with E-state index in [2.05, 4.69) is 25.7 Å². The Labute approximate surface area is 159 Å². The van der Waals surface area contributed by atoms with Gasteiger partial charge in [0.1, 0.15) is 0 Å². The number of aryl methyl sites for hydroxylation is 1. The van der Waals surface area contributed by atoms with E-state index in [1.54, 1.807) is 4.90 Å². The third-order valence-electron chi connectivity index (χ3n) is 5.24. The second kappa shape index (κ2) is 6.95. The Hall–Kier alpha value is -2.85. The Kier molecular flexibility index (Phi) is 4.60. The molecule has 2 aromatic rings. The van der Waals surface area contributed by atoms with Crippen LogP contribution >= 0.6 is 0 Å². The van der Waals surface area contributed by atoms with E-state index in [1.807, 2.05) is 11.5 Å². The van der Waals surface area contributed by atoms with Crippen LogP contribution in [0.1, 0.15) is 53.2 Å². The van der Waals surface area contributed by atoms with Gasteiger partial charge in [-0.2, -0.15) is 5.10 Å². The molecule has 0 unspecified atom stereocenters. The third-order valence-corrected chi connectivity index (χ3v) is 5.24. The number of hydrogen-bond acceptors (Lipinski definition) is 5. The lowest BCUT2D eigenvalue weighted by atomic mass is 9.92. The van der Waals surface area contributed by atoms with Crippen LogP contribution in [0, 0.1) is 0 Å². The monoisotopic (exact) mass is 393 g/mol. The second-order valence-electron chi connectivity index (χ2n) is 7.10. The number of halogens is 2. The van der Waals surface area contributed by atoms with Crippen LogP contribution in [0.3, 0.4) is 0 Å². The van der Waals surface area contributed by atoms with Crippen molar-refractivity contribution in [2.45, 2.75) is 58.2 Å². The second-order valence-corrected chi connectivity index (χ2v) is 7.10. The van der Waals surface area contributed by atoms with Crippen molar-refractivity contribution < 1.29 is 18.4 Å². The largest absolute Gasteiger partial charge is 0.343 e. The summed E-state index contributed by atoms with van der Waals surface area (Å²) in [5.74, 6) is -2.06. The molecule has 0 radical (unpaired) electrons. The Balaban J connectivity index is 1.43. The van der Waals surface area contributed by atoms with Gasteiger partial charge in [0.25, 0.3) is 11.8 Å². The Bertz CT molecular complexity index is 921. The highest BCUT2D eigenvalue weighted by Gasteiger charge is 2.38. The van der Waals surface area contributed by atoms with Crippen LogP contribution in [-0.4, -0.2) is 54.1 Å². The summed E-state index contributed by atoms with van der Waals surface area (Å²) >= 11 is 0. The molecule has 0 aromatic carbocycles. The minimum absolute atomic E-state index is 0.00692. The molecular formula is C17H21F2N7O2. The van der Waals surface area contributed by atoms with Crippen molar-refractivity contribution in [1.82, 2.24) is 35.2 Å². The molecule has 1 aliphatic carbocycles. The molecule has 9 nitrogen and oxygen atoms in total. The summed E-state index contributed by atoms with van der Waals surface area (Å²) in [6.07, 6.45) is -0.118. The number of aromatic amines is 1. The average molecular weight is 393 g/mol. The first-order valence-electron chi connectivity index (χ1n) is 9.29. The standard InChI is InChI=1S/C17H21F2N7O2/c1-2-14(27)25-5-6-26-12(22-23-13(26)9-25)8-20-16(28)15-10-7-17(18,19)4-3-11(10)21-24-15/h2-9H2,1H3,(H,20,28)(H,21,24). The molecule has 0 atom stereocenters. The van der Waals surface area contributed by atoms with Crippen molar-refractivity contribution >= 4 is 11.8 Å². The lowest BCUT2D eigenvalue weighted by Crippen LogP contribution is -2.38. The summed E-state index contributed by atoms with van der Waals surface area (Å²) in [5, 5.41) is 17.5. The fraction of sp³-hybridized carbons (Fsp3) is 0.588. The van der Waals surface area contributed by atoms with Crippen LogP contribution in [-0.2, 0) is 37.3 Å². The number of nitrogens with zero attached hydrogens (tertiary/aromatic N) is 5. The van der Waals surface area contributed by atoms with E-state index in [1.165, 1.54) is 0 Å². The third kappa shape index (κ3) is 3.36. The lowest BCUT2D eigenvalue weighted by Gasteiger charge is -2.27. The van der Waals surface area contributed by atoms with Crippen molar-refractivity contribution in [1.29, 1.82) is 0 Å². The van der Waals surface area contributed by atoms with Crippen molar-refractivity contribution in [3.8, 4) is 0 Å². The Morgan fingerprint density at radius 3 is 2.89 bits per heavy atom. The van der Waals surface area contributed by atoms with Gasteiger partial charge in [-0.1, -0.05) is 6.92 Å². The Morgan fingerprint density at radius 2 is 2.11 bits per heavy atom. The van der Waals surface area contributed by atoms with E-state index in [0.29, 0.717) is 43.4 Å². The maximum Gasteiger partial charge on any atom is 0.272 e. The zero-order chi connectivity index (χ0) is 19.9. The number of hydrogen-bond donors (Lipinski definition) is 2. The molecule has 2 aromatic heterocycles. The van der Waals surface area contributed by atoms with Gasteiger partial charge in [0.2, 0.25) is 5.91 Å². The van der Waals surface area contributed by atoms with Gasteiger partial charge in [0, 0.05) is 43.6 Å². The van der Waals surface area contributed by atoms with Crippen molar-refractivity contribution in [3.05, 3.63) is 28.6 Å². The first kappa shape index (κ1) is 18.5. The molecule has 28 heavy (non-hydrogen) atoms. The molecule has 0 spiro atoms. The number of carbonyl (C=O) groups excluding carboxylic acids is 2. The van der Waals surface area contributed by atoms with Crippen LogP contribution in [0.25, 0.3) is 0 Å². The highest BCUT2D eigenvalue weighted by atomic mass is 19.3. The summed E-state index contributed by atoms with van der Waals surface area (Å²) < 4.78 is 29.3. The zero-order valence-electron chi connectivity index (χ0n) is 15.5. The number of fused-ring (bicyclic) bond motifs is 2. The summed E-state index contributed by atoms with van der Waals surface area (Å²) in [6.45, 7) is 3.40. The van der Waals surface area contributed by atoms with Gasteiger partial charge in [0.05, 0.1) is 13.1 Å². The maximum atomic E-state index is 13.7. The molecule has 150 valence electrons. The minimum atomic E-state index is -2.82. The molecule has 0 saturated heterocycles. The molecule has 3 heterocycles. The summed E-state index contributed by atoms with van der Waals surface area (Å²) in [4.78, 5) is 26.0. The predicted octanol–water partition coefficient (Wildman–Crippen LogP) is 0.807. The molecule has 11 heteroatoms. The Morgan fingerprint density at radius 1 is 1.29 bits per heavy atom. The predicted molar refractivity (Wildman–Crippen MR) is 92.5 cm³/mol. The van der Waals surface area contributed by atoms with Gasteiger partial charge >= 0.3 is 0 Å². The first-order valence-corrected chi connectivity index (χ1v) is 9.29. The summed E-state index contributed by atoms with van der Waals surface area (Å²) in [6, 6.07) is 0. The van der Waals surface area contributed by atoms with Crippen LogP contribution in [0.15, 0.2) is 0 Å². The number of H-pyrrole nitrogens is 1. The number of alkyl halides is 2. The van der Waals surface area contributed by atoms with E-state index in [0.717, 1.165) is 0 Å². The number of nitrogens with one attached hydrogen (secondary N) is 2. The molecule has 2 aliphatic rings. The topological polar surface area (TPSA) is 109 Å². The molecule has 2 amide bonds. The van der Waals surface area contributed by atoms with Crippen LogP contribution in [0.5, 0.6) is 0 Å². The summed E-state index contributed by atoms with van der Waals surface area (Å²) in [7, 11) is 0. The molecular weight excluding hydrogens is 372 g/mol. The quantitative estimate of drug-likeness (QED) is 0.799. The van der Waals surface area contributed by atoms with Crippen molar-refractivity contribution in [3.63, 3.8) is 0 Å². The molecule has 1 aliphatic heterocycles. The molecule has 2 N–H and O–H groups in total. The molecule has 0 saturated carbocycles. The van der Waals surface area contributed by atoms with Crippen molar-refractivity contribution in [2.75, 3.05) is 6.54 Å².